The third-order valence-corrected chi connectivity index (χ3v) is 2.47. The van der Waals surface area contributed by atoms with Crippen molar-refractivity contribution in [3.05, 3.63) is 29.8 Å². The average Bonchev–Trinajstić information content (AvgIpc) is 2.28. The second kappa shape index (κ2) is 6.54. The van der Waals surface area contributed by atoms with Crippen LogP contribution in [0.4, 0.5) is 0 Å². The number of hydrogen-bond acceptors (Lipinski definition) is 2. The minimum atomic E-state index is 0.140. The van der Waals surface area contributed by atoms with E-state index in [0.717, 1.165) is 24.2 Å². The molecule has 0 radical (unpaired) electrons. The maximum atomic E-state index is 5.94. The van der Waals surface area contributed by atoms with Crippen molar-refractivity contribution in [1.82, 2.24) is 0 Å². The number of benzene rings is 1. The maximum absolute atomic E-state index is 5.94. The molecule has 2 nitrogen and oxygen atoms in total. The first-order chi connectivity index (χ1) is 7.69. The molecule has 0 amide bonds. The minimum absolute atomic E-state index is 0.140. The minimum Gasteiger partial charge on any atom is -0.496 e. The van der Waals surface area contributed by atoms with Gasteiger partial charge in [0.1, 0.15) is 5.75 Å². The number of para-hydroxylation sites is 1. The van der Waals surface area contributed by atoms with Gasteiger partial charge in [-0.2, -0.15) is 0 Å². The molecule has 0 aromatic heterocycles. The van der Waals surface area contributed by atoms with Crippen LogP contribution in [0.2, 0.25) is 0 Å². The van der Waals surface area contributed by atoms with E-state index in [-0.39, 0.29) is 12.2 Å². The molecule has 0 fully saturated rings. The fourth-order valence-corrected chi connectivity index (χ4v) is 1.82. The molecule has 0 saturated heterocycles. The zero-order chi connectivity index (χ0) is 12.0. The lowest BCUT2D eigenvalue weighted by atomic mass is 10.0. The van der Waals surface area contributed by atoms with E-state index in [9.17, 15) is 0 Å². The topological polar surface area (TPSA) is 18.5 Å². The fourth-order valence-electron chi connectivity index (χ4n) is 1.82. The molecule has 1 aromatic rings. The van der Waals surface area contributed by atoms with E-state index >= 15 is 0 Å². The zero-order valence-electron chi connectivity index (χ0n) is 10.7. The molecule has 2 heteroatoms. The average molecular weight is 222 g/mol. The number of ether oxygens (including phenoxy) is 2. The van der Waals surface area contributed by atoms with Gasteiger partial charge in [-0.15, -0.1) is 0 Å². The van der Waals surface area contributed by atoms with Gasteiger partial charge < -0.3 is 9.47 Å². The van der Waals surface area contributed by atoms with Crippen molar-refractivity contribution in [2.24, 2.45) is 0 Å². The summed E-state index contributed by atoms with van der Waals surface area (Å²) in [5.41, 5.74) is 1.15. The van der Waals surface area contributed by atoms with Gasteiger partial charge in [-0.25, -0.2) is 0 Å². The third-order valence-electron chi connectivity index (χ3n) is 2.47. The van der Waals surface area contributed by atoms with Crippen molar-refractivity contribution in [2.45, 2.75) is 45.8 Å². The van der Waals surface area contributed by atoms with Crippen LogP contribution in [-0.2, 0) is 4.74 Å². The lowest BCUT2D eigenvalue weighted by molar-refractivity contribution is 0.000176. The maximum Gasteiger partial charge on any atom is 0.124 e. The number of methoxy groups -OCH3 is 1. The molecule has 0 bridgehead atoms. The molecule has 0 spiro atoms. The number of rotatable bonds is 6. The van der Waals surface area contributed by atoms with Crippen LogP contribution in [0.1, 0.15) is 45.3 Å². The molecule has 90 valence electrons. The van der Waals surface area contributed by atoms with E-state index in [1.807, 2.05) is 18.2 Å². The molecule has 0 N–H and O–H groups in total. The number of hydrogen-bond donors (Lipinski definition) is 0. The van der Waals surface area contributed by atoms with Crippen LogP contribution in [0.25, 0.3) is 0 Å². The molecule has 16 heavy (non-hydrogen) atoms. The van der Waals surface area contributed by atoms with Crippen molar-refractivity contribution in [1.29, 1.82) is 0 Å². The first kappa shape index (κ1) is 13.0. The van der Waals surface area contributed by atoms with Gasteiger partial charge in [0.15, 0.2) is 0 Å². The molecule has 0 aliphatic rings. The van der Waals surface area contributed by atoms with Gasteiger partial charge in [-0.3, -0.25) is 0 Å². The van der Waals surface area contributed by atoms with Crippen LogP contribution in [0.15, 0.2) is 24.3 Å². The molecule has 1 rings (SSSR count). The first-order valence-corrected chi connectivity index (χ1v) is 5.97. The van der Waals surface area contributed by atoms with Crippen molar-refractivity contribution in [3.63, 3.8) is 0 Å². The molecule has 0 unspecified atom stereocenters. The Balaban J connectivity index is 2.90. The lowest BCUT2D eigenvalue weighted by Gasteiger charge is -2.22. The Hall–Kier alpha value is -1.02. The van der Waals surface area contributed by atoms with Gasteiger partial charge in [0.05, 0.1) is 19.3 Å². The van der Waals surface area contributed by atoms with Crippen LogP contribution in [-0.4, -0.2) is 13.2 Å². The Bertz CT molecular complexity index is 307. The summed E-state index contributed by atoms with van der Waals surface area (Å²) in [7, 11) is 1.71. The molecule has 1 atom stereocenters. The second-order valence-corrected chi connectivity index (χ2v) is 4.20. The van der Waals surface area contributed by atoms with E-state index < -0.39 is 0 Å². The van der Waals surface area contributed by atoms with E-state index in [1.54, 1.807) is 7.11 Å². The van der Waals surface area contributed by atoms with Crippen LogP contribution < -0.4 is 4.74 Å². The van der Waals surface area contributed by atoms with Gasteiger partial charge in [-0.05, 0) is 26.3 Å². The summed E-state index contributed by atoms with van der Waals surface area (Å²) in [6.07, 6.45) is 2.51. The summed E-state index contributed by atoms with van der Waals surface area (Å²) in [5, 5.41) is 0. The third kappa shape index (κ3) is 3.53. The van der Waals surface area contributed by atoms with Crippen molar-refractivity contribution < 1.29 is 9.47 Å². The second-order valence-electron chi connectivity index (χ2n) is 4.20. The molecular formula is C14H22O2. The Morgan fingerprint density at radius 1 is 1.19 bits per heavy atom. The Morgan fingerprint density at radius 3 is 2.44 bits per heavy atom. The summed E-state index contributed by atoms with van der Waals surface area (Å²) < 4.78 is 11.3. The summed E-state index contributed by atoms with van der Waals surface area (Å²) in [6, 6.07) is 8.09. The van der Waals surface area contributed by atoms with Crippen LogP contribution in [0.3, 0.4) is 0 Å². The Kier molecular flexibility index (Phi) is 5.33. The highest BCUT2D eigenvalue weighted by molar-refractivity contribution is 5.35. The highest BCUT2D eigenvalue weighted by Gasteiger charge is 2.16. The summed E-state index contributed by atoms with van der Waals surface area (Å²) >= 11 is 0. The predicted octanol–water partition coefficient (Wildman–Crippen LogP) is 3.96. The molecule has 1 aromatic carbocycles. The van der Waals surface area contributed by atoms with Crippen molar-refractivity contribution in [2.75, 3.05) is 7.11 Å². The quantitative estimate of drug-likeness (QED) is 0.725. The molecule has 0 heterocycles. The lowest BCUT2D eigenvalue weighted by Crippen LogP contribution is -2.11. The summed E-state index contributed by atoms with van der Waals surface area (Å²) in [5.74, 6) is 0.918. The SMILES string of the molecule is CCC[C@H](OC(C)C)c1ccccc1OC. The highest BCUT2D eigenvalue weighted by Crippen LogP contribution is 2.31. The normalized spacial score (nSPS) is 12.8. The van der Waals surface area contributed by atoms with E-state index in [4.69, 9.17) is 9.47 Å². The van der Waals surface area contributed by atoms with Gasteiger partial charge in [0.25, 0.3) is 0 Å². The van der Waals surface area contributed by atoms with Gasteiger partial charge in [0, 0.05) is 5.56 Å². The summed E-state index contributed by atoms with van der Waals surface area (Å²) in [4.78, 5) is 0. The van der Waals surface area contributed by atoms with Crippen LogP contribution in [0, 0.1) is 0 Å². The standard InChI is InChI=1S/C14H22O2/c1-5-8-14(16-11(2)3)12-9-6-7-10-13(12)15-4/h6-7,9-11,14H,5,8H2,1-4H3/t14-/m0/s1. The van der Waals surface area contributed by atoms with E-state index in [1.165, 1.54) is 0 Å². The highest BCUT2D eigenvalue weighted by atomic mass is 16.5. The largest absolute Gasteiger partial charge is 0.496 e. The van der Waals surface area contributed by atoms with Crippen molar-refractivity contribution in [3.8, 4) is 5.75 Å². The van der Waals surface area contributed by atoms with Gasteiger partial charge in [0.2, 0.25) is 0 Å². The predicted molar refractivity (Wildman–Crippen MR) is 66.9 cm³/mol. The van der Waals surface area contributed by atoms with E-state index in [2.05, 4.69) is 26.8 Å². The molecule has 0 aliphatic carbocycles. The molecule has 0 saturated carbocycles. The Labute approximate surface area is 98.6 Å². The smallest absolute Gasteiger partial charge is 0.124 e. The monoisotopic (exact) mass is 222 g/mol. The van der Waals surface area contributed by atoms with Crippen molar-refractivity contribution >= 4 is 0 Å². The van der Waals surface area contributed by atoms with Gasteiger partial charge in [-0.1, -0.05) is 31.5 Å². The molecular weight excluding hydrogens is 200 g/mol. The van der Waals surface area contributed by atoms with E-state index in [0.29, 0.717) is 0 Å². The fraction of sp³-hybridized carbons (Fsp3) is 0.571. The first-order valence-electron chi connectivity index (χ1n) is 5.97. The summed E-state index contributed by atoms with van der Waals surface area (Å²) in [6.45, 7) is 6.31. The molecule has 0 aliphatic heterocycles. The van der Waals surface area contributed by atoms with Gasteiger partial charge >= 0.3 is 0 Å². The zero-order valence-corrected chi connectivity index (χ0v) is 10.7. The van der Waals surface area contributed by atoms with Crippen LogP contribution in [0.5, 0.6) is 5.75 Å². The van der Waals surface area contributed by atoms with Crippen LogP contribution >= 0.6 is 0 Å². The Morgan fingerprint density at radius 2 is 1.88 bits per heavy atom.